The van der Waals surface area contributed by atoms with Crippen LogP contribution in [0.15, 0.2) is 24.3 Å². The minimum atomic E-state index is -1.47. The summed E-state index contributed by atoms with van der Waals surface area (Å²) in [7, 11) is 1.61. The van der Waals surface area contributed by atoms with Crippen LogP contribution in [-0.4, -0.2) is 46.1 Å². The van der Waals surface area contributed by atoms with Crippen molar-refractivity contribution in [3.8, 4) is 5.75 Å². The van der Waals surface area contributed by atoms with Gasteiger partial charge in [0.1, 0.15) is 18.0 Å². The molecule has 1 aliphatic heterocycles. The molecule has 5 heteroatoms. The summed E-state index contributed by atoms with van der Waals surface area (Å²) in [4.78, 5) is 0. The third-order valence-corrected chi connectivity index (χ3v) is 3.62. The van der Waals surface area contributed by atoms with Gasteiger partial charge < -0.3 is 19.5 Å². The number of rotatable bonds is 7. The predicted molar refractivity (Wildman–Crippen MR) is 79.5 cm³/mol. The predicted octanol–water partition coefficient (Wildman–Crippen LogP) is 2.28. The van der Waals surface area contributed by atoms with E-state index in [1.165, 1.54) is 0 Å². The smallest absolute Gasteiger partial charge is 0.138 e. The number of ether oxygens (including phenoxy) is 3. The molecule has 2 atom stereocenters. The van der Waals surface area contributed by atoms with Crippen molar-refractivity contribution in [2.24, 2.45) is 0 Å². The normalized spacial score (nSPS) is 21.8. The van der Waals surface area contributed by atoms with Crippen molar-refractivity contribution < 1.29 is 18.6 Å². The fraction of sp³-hybridized carbons (Fsp3) is 0.625. The van der Waals surface area contributed by atoms with Crippen LogP contribution in [0.1, 0.15) is 18.9 Å². The van der Waals surface area contributed by atoms with Crippen LogP contribution in [0.4, 0.5) is 4.39 Å². The average Bonchev–Trinajstić information content (AvgIpc) is 2.48. The van der Waals surface area contributed by atoms with Gasteiger partial charge in [-0.2, -0.15) is 0 Å². The molecule has 2 rings (SSSR count). The lowest BCUT2D eigenvalue weighted by atomic mass is 9.90. The van der Waals surface area contributed by atoms with Crippen LogP contribution < -0.4 is 10.1 Å². The van der Waals surface area contributed by atoms with Crippen LogP contribution in [0.5, 0.6) is 5.75 Å². The molecule has 0 aliphatic carbocycles. The maximum absolute atomic E-state index is 15.2. The summed E-state index contributed by atoms with van der Waals surface area (Å²) in [6.45, 7) is 4.50. The van der Waals surface area contributed by atoms with Crippen molar-refractivity contribution in [1.29, 1.82) is 0 Å². The largest absolute Gasteiger partial charge is 0.491 e. The molecular weight excluding hydrogens is 273 g/mol. The molecule has 1 fully saturated rings. The van der Waals surface area contributed by atoms with Gasteiger partial charge in [0.15, 0.2) is 0 Å². The SMILES string of the molecule is COCCOc1ccccc1C(C)(F)CC1COCCN1. The lowest BCUT2D eigenvalue weighted by Crippen LogP contribution is -2.44. The van der Waals surface area contributed by atoms with E-state index in [0.717, 1.165) is 6.54 Å². The molecule has 1 aliphatic rings. The zero-order chi connectivity index (χ0) is 15.1. The number of alkyl halides is 1. The molecule has 4 nitrogen and oxygen atoms in total. The van der Waals surface area contributed by atoms with E-state index < -0.39 is 5.67 Å². The van der Waals surface area contributed by atoms with E-state index in [1.807, 2.05) is 12.1 Å². The second-order valence-corrected chi connectivity index (χ2v) is 5.46. The molecule has 1 saturated heterocycles. The van der Waals surface area contributed by atoms with Crippen molar-refractivity contribution in [3.05, 3.63) is 29.8 Å². The Balaban J connectivity index is 2.06. The molecule has 0 amide bonds. The Labute approximate surface area is 125 Å². The van der Waals surface area contributed by atoms with Gasteiger partial charge in [-0.3, -0.25) is 0 Å². The number of methoxy groups -OCH3 is 1. The number of halogens is 1. The molecular formula is C16H24FNO3. The van der Waals surface area contributed by atoms with E-state index in [4.69, 9.17) is 14.2 Å². The number of para-hydroxylation sites is 1. The highest BCUT2D eigenvalue weighted by Gasteiger charge is 2.33. The summed E-state index contributed by atoms with van der Waals surface area (Å²) >= 11 is 0. The van der Waals surface area contributed by atoms with Crippen LogP contribution in [0, 0.1) is 0 Å². The molecule has 0 radical (unpaired) electrons. The standard InChI is InChI=1S/C16H24FNO3/c1-16(17,11-13-12-20-8-7-18-13)14-5-3-4-6-15(14)21-10-9-19-2/h3-6,13,18H,7-12H2,1-2H3. The molecule has 1 N–H and O–H groups in total. The summed E-state index contributed by atoms with van der Waals surface area (Å²) in [5.74, 6) is 0.580. The Hall–Kier alpha value is -1.17. The summed E-state index contributed by atoms with van der Waals surface area (Å²) in [6.07, 6.45) is 0.359. The summed E-state index contributed by atoms with van der Waals surface area (Å²) in [5.41, 5.74) is -0.893. The van der Waals surface area contributed by atoms with E-state index in [2.05, 4.69) is 5.32 Å². The number of hydrogen-bond donors (Lipinski definition) is 1. The maximum atomic E-state index is 15.2. The van der Waals surface area contributed by atoms with Gasteiger partial charge in [0.25, 0.3) is 0 Å². The van der Waals surface area contributed by atoms with Crippen LogP contribution in [0.3, 0.4) is 0 Å². The minimum absolute atomic E-state index is 0.0285. The highest BCUT2D eigenvalue weighted by atomic mass is 19.1. The number of hydrogen-bond acceptors (Lipinski definition) is 4. The molecule has 21 heavy (non-hydrogen) atoms. The third-order valence-electron chi connectivity index (χ3n) is 3.62. The molecule has 118 valence electrons. The molecule has 1 aromatic carbocycles. The van der Waals surface area contributed by atoms with E-state index in [9.17, 15) is 0 Å². The first-order chi connectivity index (χ1) is 10.1. The quantitative estimate of drug-likeness (QED) is 0.784. The number of benzene rings is 1. The fourth-order valence-corrected chi connectivity index (χ4v) is 2.58. The van der Waals surface area contributed by atoms with Crippen molar-refractivity contribution in [2.75, 3.05) is 40.1 Å². The Morgan fingerprint density at radius 2 is 2.19 bits per heavy atom. The van der Waals surface area contributed by atoms with Crippen LogP contribution in [0.25, 0.3) is 0 Å². The van der Waals surface area contributed by atoms with Crippen molar-refractivity contribution in [3.63, 3.8) is 0 Å². The summed E-state index contributed by atoms with van der Waals surface area (Å²) in [6, 6.07) is 7.30. The summed E-state index contributed by atoms with van der Waals surface area (Å²) < 4.78 is 31.2. The van der Waals surface area contributed by atoms with Crippen LogP contribution >= 0.6 is 0 Å². The van der Waals surface area contributed by atoms with Crippen molar-refractivity contribution >= 4 is 0 Å². The zero-order valence-electron chi connectivity index (χ0n) is 12.7. The Bertz CT molecular complexity index is 433. The van der Waals surface area contributed by atoms with Gasteiger partial charge in [-0.1, -0.05) is 18.2 Å². The van der Waals surface area contributed by atoms with Crippen LogP contribution in [0.2, 0.25) is 0 Å². The molecule has 1 heterocycles. The molecule has 0 saturated carbocycles. The van der Waals surface area contributed by atoms with Crippen molar-refractivity contribution in [2.45, 2.75) is 25.1 Å². The second-order valence-electron chi connectivity index (χ2n) is 5.46. The van der Waals surface area contributed by atoms with Crippen molar-refractivity contribution in [1.82, 2.24) is 5.32 Å². The number of morpholine rings is 1. The van der Waals surface area contributed by atoms with Crippen LogP contribution in [-0.2, 0) is 15.1 Å². The lowest BCUT2D eigenvalue weighted by molar-refractivity contribution is 0.0463. The molecule has 2 unspecified atom stereocenters. The third kappa shape index (κ3) is 4.66. The Morgan fingerprint density at radius 3 is 2.90 bits per heavy atom. The van der Waals surface area contributed by atoms with E-state index in [-0.39, 0.29) is 6.04 Å². The van der Waals surface area contributed by atoms with Gasteiger partial charge >= 0.3 is 0 Å². The van der Waals surface area contributed by atoms with E-state index >= 15 is 4.39 Å². The highest BCUT2D eigenvalue weighted by molar-refractivity contribution is 5.37. The maximum Gasteiger partial charge on any atom is 0.138 e. The Kier molecular flexibility index (Phi) is 5.96. The first-order valence-corrected chi connectivity index (χ1v) is 7.35. The number of nitrogens with one attached hydrogen (secondary N) is 1. The van der Waals surface area contributed by atoms with Gasteiger partial charge in [-0.05, 0) is 13.0 Å². The van der Waals surface area contributed by atoms with Gasteiger partial charge in [0.2, 0.25) is 0 Å². The fourth-order valence-electron chi connectivity index (χ4n) is 2.58. The molecule has 0 bridgehead atoms. The van der Waals surface area contributed by atoms with Gasteiger partial charge in [-0.25, -0.2) is 4.39 Å². The van der Waals surface area contributed by atoms with Gasteiger partial charge in [0.05, 0.1) is 19.8 Å². The molecule has 1 aromatic rings. The minimum Gasteiger partial charge on any atom is -0.491 e. The van der Waals surface area contributed by atoms with Gasteiger partial charge in [-0.15, -0.1) is 0 Å². The monoisotopic (exact) mass is 297 g/mol. The lowest BCUT2D eigenvalue weighted by Gasteiger charge is -2.31. The van der Waals surface area contributed by atoms with E-state index in [1.54, 1.807) is 26.2 Å². The van der Waals surface area contributed by atoms with Gasteiger partial charge in [0, 0.05) is 31.7 Å². The summed E-state index contributed by atoms with van der Waals surface area (Å²) in [5, 5.41) is 3.29. The first kappa shape index (κ1) is 16.2. The zero-order valence-corrected chi connectivity index (χ0v) is 12.7. The first-order valence-electron chi connectivity index (χ1n) is 7.35. The second kappa shape index (κ2) is 7.73. The highest BCUT2D eigenvalue weighted by Crippen LogP contribution is 2.37. The average molecular weight is 297 g/mol. The van der Waals surface area contributed by atoms with E-state index in [0.29, 0.717) is 44.2 Å². The molecule has 0 spiro atoms. The molecule has 0 aromatic heterocycles. The Morgan fingerprint density at radius 1 is 1.38 bits per heavy atom. The topological polar surface area (TPSA) is 39.7 Å².